The lowest BCUT2D eigenvalue weighted by Crippen LogP contribution is -2.63. The third-order valence-corrected chi connectivity index (χ3v) is 15.4. The minimum Gasteiger partial charge on any atom is -0.363 e. The second-order valence-electron chi connectivity index (χ2n) is 17.5. The Kier molecular flexibility index (Phi) is 10.1. The Hall–Kier alpha value is -5.03. The van der Waals surface area contributed by atoms with Gasteiger partial charge < -0.3 is 9.80 Å². The number of nitrogens with one attached hydrogen (secondary N) is 2. The number of piperidine rings is 4. The van der Waals surface area contributed by atoms with E-state index in [1.807, 2.05) is 41.0 Å². The van der Waals surface area contributed by atoms with Crippen molar-refractivity contribution in [1.82, 2.24) is 40.1 Å². The maximum Gasteiger partial charge on any atom is 0.262 e. The quantitative estimate of drug-likeness (QED) is 0.238. The Labute approximate surface area is 361 Å². The summed E-state index contributed by atoms with van der Waals surface area (Å²) in [6, 6.07) is 9.09. The predicted molar refractivity (Wildman–Crippen MR) is 225 cm³/mol. The van der Waals surface area contributed by atoms with Crippen LogP contribution in [0.25, 0.3) is 5.00 Å². The maximum absolute atomic E-state index is 15.8. The second kappa shape index (κ2) is 15.4. The SMILES string of the molecule is Cc1sc2c(c1C)[C@H](c1ccc(Cl)cc1)NC(CC(=O)N1CCC(CN3CC4CCC3CN4c3cc4c(cc3F)C(=O)N(C3CCC(=O)NC3=O)C4=O)CC1)c1nnc(C)n1-2. The van der Waals surface area contributed by atoms with Crippen LogP contribution in [-0.2, 0) is 14.4 Å². The molecule has 4 unspecified atom stereocenters. The molecule has 318 valence electrons. The molecule has 14 nitrogen and oxygen atoms in total. The van der Waals surface area contributed by atoms with Gasteiger partial charge in [-0.2, -0.15) is 0 Å². The highest BCUT2D eigenvalue weighted by Gasteiger charge is 2.47. The van der Waals surface area contributed by atoms with Crippen molar-refractivity contribution in [2.75, 3.05) is 37.6 Å². The molecule has 2 bridgehead atoms. The zero-order valence-corrected chi connectivity index (χ0v) is 35.8. The van der Waals surface area contributed by atoms with Gasteiger partial charge in [0.05, 0.1) is 28.9 Å². The van der Waals surface area contributed by atoms with Gasteiger partial charge in [-0.05, 0) is 94.2 Å². The fourth-order valence-corrected chi connectivity index (χ4v) is 11.9. The smallest absolute Gasteiger partial charge is 0.262 e. The van der Waals surface area contributed by atoms with Crippen molar-refractivity contribution in [2.45, 2.75) is 95.9 Å². The van der Waals surface area contributed by atoms with Gasteiger partial charge in [0.2, 0.25) is 17.7 Å². The van der Waals surface area contributed by atoms with Crippen LogP contribution in [0.5, 0.6) is 0 Å². The van der Waals surface area contributed by atoms with Gasteiger partial charge in [-0.3, -0.25) is 49.0 Å². The van der Waals surface area contributed by atoms with E-state index in [9.17, 15) is 24.0 Å². The van der Waals surface area contributed by atoms with E-state index in [-0.39, 0.29) is 60.5 Å². The normalized spacial score (nSPS) is 25.5. The molecule has 5 fully saturated rings. The van der Waals surface area contributed by atoms with E-state index in [1.165, 1.54) is 22.1 Å². The van der Waals surface area contributed by atoms with Crippen LogP contribution < -0.4 is 15.5 Å². The van der Waals surface area contributed by atoms with E-state index in [0.29, 0.717) is 36.3 Å². The summed E-state index contributed by atoms with van der Waals surface area (Å²) in [4.78, 5) is 73.8. The number of thiophene rings is 1. The Morgan fingerprint density at radius 3 is 2.34 bits per heavy atom. The van der Waals surface area contributed by atoms with Crippen molar-refractivity contribution in [2.24, 2.45) is 5.92 Å². The molecule has 2 N–H and O–H groups in total. The Bertz CT molecular complexity index is 2500. The van der Waals surface area contributed by atoms with Crippen molar-refractivity contribution >= 4 is 58.2 Å². The molecule has 5 amide bonds. The Balaban J connectivity index is 0.784. The van der Waals surface area contributed by atoms with Crippen LogP contribution in [0, 0.1) is 32.5 Å². The molecule has 0 saturated carbocycles. The molecule has 5 saturated heterocycles. The first kappa shape index (κ1) is 40.1. The molecule has 7 aliphatic heterocycles. The molecule has 2 aromatic heterocycles. The van der Waals surface area contributed by atoms with Gasteiger partial charge >= 0.3 is 0 Å². The first-order valence-corrected chi connectivity index (χ1v) is 22.4. The first-order valence-electron chi connectivity index (χ1n) is 21.2. The number of rotatable bonds is 7. The number of benzene rings is 2. The Morgan fingerprint density at radius 1 is 0.918 bits per heavy atom. The van der Waals surface area contributed by atoms with Crippen LogP contribution in [0.4, 0.5) is 10.1 Å². The van der Waals surface area contributed by atoms with Crippen molar-refractivity contribution in [3.05, 3.63) is 91.6 Å². The van der Waals surface area contributed by atoms with Gasteiger partial charge in [0.25, 0.3) is 11.8 Å². The van der Waals surface area contributed by atoms with Crippen molar-refractivity contribution < 1.29 is 28.4 Å². The maximum atomic E-state index is 15.8. The zero-order valence-electron chi connectivity index (χ0n) is 34.2. The van der Waals surface area contributed by atoms with Gasteiger partial charge in [-0.1, -0.05) is 23.7 Å². The lowest BCUT2D eigenvalue weighted by atomic mass is 9.87. The largest absolute Gasteiger partial charge is 0.363 e. The number of likely N-dealkylation sites (tertiary alicyclic amines) is 1. The molecular weight excluding hydrogens is 821 g/mol. The minimum absolute atomic E-state index is 0.0149. The third kappa shape index (κ3) is 6.86. The summed E-state index contributed by atoms with van der Waals surface area (Å²) < 4.78 is 18.0. The number of carbonyl (C=O) groups excluding carboxylic acids is 5. The lowest BCUT2D eigenvalue weighted by Gasteiger charge is -2.53. The average Bonchev–Trinajstić information content (AvgIpc) is 3.81. The monoisotopic (exact) mass is 867 g/mol. The number of aromatic nitrogens is 3. The van der Waals surface area contributed by atoms with Crippen LogP contribution >= 0.6 is 22.9 Å². The number of amides is 5. The van der Waals surface area contributed by atoms with E-state index < -0.39 is 35.5 Å². The fourth-order valence-electron chi connectivity index (χ4n) is 10.5. The summed E-state index contributed by atoms with van der Waals surface area (Å²) in [7, 11) is 0. The number of hydrogen-bond acceptors (Lipinski definition) is 11. The summed E-state index contributed by atoms with van der Waals surface area (Å²) in [5.41, 5.74) is 3.76. The molecule has 2 aromatic carbocycles. The fraction of sp³-hybridized carbons (Fsp3) is 0.477. The molecule has 17 heteroatoms. The highest BCUT2D eigenvalue weighted by atomic mass is 35.5. The number of imide groups is 2. The molecule has 5 atom stereocenters. The van der Waals surface area contributed by atoms with Gasteiger partial charge in [0.15, 0.2) is 5.82 Å². The van der Waals surface area contributed by atoms with Gasteiger partial charge in [0, 0.05) is 73.1 Å². The summed E-state index contributed by atoms with van der Waals surface area (Å²) in [6.45, 7) is 9.83. The van der Waals surface area contributed by atoms with Crippen LogP contribution in [0.1, 0.15) is 111 Å². The zero-order chi connectivity index (χ0) is 42.4. The standard InChI is InChI=1S/C44H47ClFN9O5S/c1-22-23(2)61-44-38(22)39(26-4-6-27(45)7-5-26)47-33(40-50-49-24(3)54(40)44)18-37(57)51-14-12-25(13-15-51)19-52-20-29-9-8-28(52)21-53(29)35-17-31-30(16-32(35)46)42(59)55(43(31)60)34-10-11-36(56)48-41(34)58/h4-7,16-17,25,28-29,33-34,39,47H,8-15,18-21H2,1-3H3,(H,48,56,58)/t28?,29?,33?,34?,39-/m0/s1. The third-order valence-electron chi connectivity index (χ3n) is 13.9. The molecule has 0 radical (unpaired) electrons. The van der Waals surface area contributed by atoms with Crippen molar-refractivity contribution in [1.29, 1.82) is 0 Å². The predicted octanol–water partition coefficient (Wildman–Crippen LogP) is 5.16. The van der Waals surface area contributed by atoms with Crippen molar-refractivity contribution in [3.63, 3.8) is 0 Å². The number of fused-ring (bicyclic) bond motifs is 7. The number of halogens is 2. The average molecular weight is 868 g/mol. The molecule has 0 spiro atoms. The van der Waals surface area contributed by atoms with Crippen LogP contribution in [0.3, 0.4) is 0 Å². The molecule has 7 aliphatic rings. The highest BCUT2D eigenvalue weighted by molar-refractivity contribution is 7.14. The van der Waals surface area contributed by atoms with E-state index in [4.69, 9.17) is 11.6 Å². The van der Waals surface area contributed by atoms with E-state index in [2.05, 4.69) is 44.1 Å². The van der Waals surface area contributed by atoms with Crippen LogP contribution in [0.15, 0.2) is 36.4 Å². The number of anilines is 1. The van der Waals surface area contributed by atoms with Crippen LogP contribution in [0.2, 0.25) is 5.02 Å². The second-order valence-corrected chi connectivity index (χ2v) is 19.1. The number of hydrogen-bond donors (Lipinski definition) is 2. The molecular formula is C44H47ClFN9O5S. The number of aryl methyl sites for hydroxylation is 2. The number of carbonyl (C=O) groups is 5. The molecule has 11 rings (SSSR count). The molecule has 61 heavy (non-hydrogen) atoms. The van der Waals surface area contributed by atoms with Gasteiger partial charge in [-0.15, -0.1) is 21.5 Å². The topological polar surface area (TPSA) is 153 Å². The summed E-state index contributed by atoms with van der Waals surface area (Å²) in [6.07, 6.45) is 3.94. The highest BCUT2D eigenvalue weighted by Crippen LogP contribution is 2.44. The number of nitrogens with zero attached hydrogens (tertiary/aromatic N) is 7. The summed E-state index contributed by atoms with van der Waals surface area (Å²) >= 11 is 8.03. The van der Waals surface area contributed by atoms with Gasteiger partial charge in [-0.25, -0.2) is 4.39 Å². The minimum atomic E-state index is -1.11. The van der Waals surface area contributed by atoms with Crippen molar-refractivity contribution in [3.8, 4) is 5.00 Å². The van der Waals surface area contributed by atoms with E-state index in [0.717, 1.165) is 72.0 Å². The van der Waals surface area contributed by atoms with E-state index in [1.54, 1.807) is 11.3 Å². The Morgan fingerprint density at radius 2 is 1.64 bits per heavy atom. The molecule has 9 heterocycles. The molecule has 0 aliphatic carbocycles. The molecule has 4 aromatic rings. The van der Waals surface area contributed by atoms with Gasteiger partial charge in [0.1, 0.15) is 22.7 Å². The lowest BCUT2D eigenvalue weighted by molar-refractivity contribution is -0.136. The number of piperazine rings is 1. The summed E-state index contributed by atoms with van der Waals surface area (Å²) in [5, 5.41) is 16.9. The summed E-state index contributed by atoms with van der Waals surface area (Å²) in [5.74, 6) is -1.06. The van der Waals surface area contributed by atoms with Crippen LogP contribution in [-0.4, -0.2) is 110 Å². The first-order chi connectivity index (χ1) is 29.3. The van der Waals surface area contributed by atoms with E-state index >= 15 is 4.39 Å².